The van der Waals surface area contributed by atoms with Gasteiger partial charge in [-0.05, 0) is 6.07 Å². The fraction of sp³-hybridized carbons (Fsp3) is 0.167. The van der Waals surface area contributed by atoms with Crippen LogP contribution in [0.1, 0.15) is 11.6 Å². The summed E-state index contributed by atoms with van der Waals surface area (Å²) in [5, 5.41) is 20.4. The summed E-state index contributed by atoms with van der Waals surface area (Å²) in [5.41, 5.74) is 1.27. The molecule has 3 aromatic heterocycles. The summed E-state index contributed by atoms with van der Waals surface area (Å²) < 4.78 is 3.18. The number of aliphatic carboxylic acids is 1. The van der Waals surface area contributed by atoms with Crippen LogP contribution in [-0.4, -0.2) is 35.5 Å². The van der Waals surface area contributed by atoms with E-state index in [1.54, 1.807) is 47.1 Å². The van der Waals surface area contributed by atoms with E-state index in [-0.39, 0.29) is 0 Å². The van der Waals surface area contributed by atoms with Gasteiger partial charge in [0.05, 0.1) is 12.4 Å². The number of nitrogens with one attached hydrogen (secondary N) is 1. The number of fused-ring (bicyclic) bond motifs is 1. The summed E-state index contributed by atoms with van der Waals surface area (Å²) in [6.45, 7) is 0. The number of nitrogens with zero attached hydrogens (tertiary/aromatic N) is 5. The zero-order valence-corrected chi connectivity index (χ0v) is 10.6. The largest absolute Gasteiger partial charge is 0.479 e. The van der Waals surface area contributed by atoms with Crippen molar-refractivity contribution in [1.82, 2.24) is 24.4 Å². The molecular formula is C12H12N6O2. The Hall–Kier alpha value is -2.90. The van der Waals surface area contributed by atoms with Crippen molar-refractivity contribution >= 4 is 17.3 Å². The number of rotatable bonds is 4. The van der Waals surface area contributed by atoms with Gasteiger partial charge in [0, 0.05) is 31.2 Å². The first-order valence-electron chi connectivity index (χ1n) is 5.91. The van der Waals surface area contributed by atoms with Gasteiger partial charge in [0.15, 0.2) is 11.9 Å². The molecule has 0 saturated carbocycles. The van der Waals surface area contributed by atoms with Crippen LogP contribution in [0.5, 0.6) is 0 Å². The molecule has 20 heavy (non-hydrogen) atoms. The fourth-order valence-electron chi connectivity index (χ4n) is 1.98. The number of hydrogen-bond donors (Lipinski definition) is 2. The molecule has 0 bridgehead atoms. The average molecular weight is 272 g/mol. The molecule has 3 heterocycles. The molecule has 8 heteroatoms. The number of hydrogen-bond acceptors (Lipinski definition) is 5. The summed E-state index contributed by atoms with van der Waals surface area (Å²) in [6.07, 6.45) is 8.05. The zero-order valence-electron chi connectivity index (χ0n) is 10.6. The highest BCUT2D eigenvalue weighted by molar-refractivity contribution is 5.81. The van der Waals surface area contributed by atoms with E-state index in [1.165, 1.54) is 6.20 Å². The molecule has 0 saturated heterocycles. The highest BCUT2D eigenvalue weighted by atomic mass is 16.4. The number of carbonyl (C=O) groups is 1. The van der Waals surface area contributed by atoms with Gasteiger partial charge in [-0.1, -0.05) is 0 Å². The van der Waals surface area contributed by atoms with Crippen molar-refractivity contribution in [1.29, 1.82) is 0 Å². The monoisotopic (exact) mass is 272 g/mol. The standard InChI is InChI=1S/C12H12N6O2/c1-17-7-8(6-15-17)10(12(19)20)16-11-9-2-3-14-18(9)5-4-13-11/h2-7,10H,1H3,(H,13,16)(H,19,20). The lowest BCUT2D eigenvalue weighted by Crippen LogP contribution is -2.21. The van der Waals surface area contributed by atoms with Gasteiger partial charge >= 0.3 is 5.97 Å². The number of aryl methyl sites for hydroxylation is 1. The Morgan fingerprint density at radius 3 is 2.95 bits per heavy atom. The van der Waals surface area contributed by atoms with Crippen LogP contribution < -0.4 is 5.32 Å². The third kappa shape index (κ3) is 2.07. The van der Waals surface area contributed by atoms with E-state index in [2.05, 4.69) is 20.5 Å². The van der Waals surface area contributed by atoms with Crippen molar-refractivity contribution < 1.29 is 9.90 Å². The van der Waals surface area contributed by atoms with E-state index in [0.29, 0.717) is 16.9 Å². The van der Waals surface area contributed by atoms with E-state index in [0.717, 1.165) is 0 Å². The minimum absolute atomic E-state index is 0.459. The molecule has 8 nitrogen and oxygen atoms in total. The molecule has 0 aromatic carbocycles. The zero-order chi connectivity index (χ0) is 14.1. The van der Waals surface area contributed by atoms with Crippen molar-refractivity contribution in [3.63, 3.8) is 0 Å². The second-order valence-corrected chi connectivity index (χ2v) is 4.30. The number of aromatic nitrogens is 5. The molecule has 0 spiro atoms. The van der Waals surface area contributed by atoms with Crippen LogP contribution in [0.2, 0.25) is 0 Å². The Kier molecular flexibility index (Phi) is 2.82. The lowest BCUT2D eigenvalue weighted by atomic mass is 10.1. The van der Waals surface area contributed by atoms with Crippen LogP contribution in [-0.2, 0) is 11.8 Å². The normalized spacial score (nSPS) is 12.4. The second kappa shape index (κ2) is 4.65. The Morgan fingerprint density at radius 2 is 2.25 bits per heavy atom. The first-order chi connectivity index (χ1) is 9.65. The number of anilines is 1. The number of carboxylic acid groups (broad SMARTS) is 1. The maximum atomic E-state index is 11.4. The second-order valence-electron chi connectivity index (χ2n) is 4.30. The molecule has 3 rings (SSSR count). The lowest BCUT2D eigenvalue weighted by molar-refractivity contribution is -0.138. The minimum Gasteiger partial charge on any atom is -0.479 e. The summed E-state index contributed by atoms with van der Waals surface area (Å²) in [6, 6.07) is 0.842. The van der Waals surface area contributed by atoms with Gasteiger partial charge in [-0.15, -0.1) is 0 Å². The quantitative estimate of drug-likeness (QED) is 0.725. The fourth-order valence-corrected chi connectivity index (χ4v) is 1.98. The molecule has 2 N–H and O–H groups in total. The SMILES string of the molecule is Cn1cc(C(Nc2nccn3nccc23)C(=O)O)cn1. The molecule has 1 unspecified atom stereocenters. The summed E-state index contributed by atoms with van der Waals surface area (Å²) >= 11 is 0. The van der Waals surface area contributed by atoms with E-state index in [4.69, 9.17) is 0 Å². The van der Waals surface area contributed by atoms with Gasteiger partial charge in [-0.2, -0.15) is 10.2 Å². The average Bonchev–Trinajstić information content (AvgIpc) is 3.04. The molecule has 0 aliphatic heterocycles. The van der Waals surface area contributed by atoms with Crippen molar-refractivity contribution in [3.8, 4) is 0 Å². The van der Waals surface area contributed by atoms with Crippen molar-refractivity contribution in [2.24, 2.45) is 7.05 Å². The minimum atomic E-state index is -0.999. The Bertz CT molecular complexity index is 762. The van der Waals surface area contributed by atoms with E-state index >= 15 is 0 Å². The van der Waals surface area contributed by atoms with Gasteiger partial charge in [0.2, 0.25) is 0 Å². The predicted molar refractivity (Wildman–Crippen MR) is 70.2 cm³/mol. The van der Waals surface area contributed by atoms with Crippen LogP contribution in [0.25, 0.3) is 5.52 Å². The van der Waals surface area contributed by atoms with Crippen LogP contribution in [0.15, 0.2) is 37.1 Å². The maximum Gasteiger partial charge on any atom is 0.330 e. The van der Waals surface area contributed by atoms with Crippen LogP contribution in [0.4, 0.5) is 5.82 Å². The Labute approximate surface area is 113 Å². The predicted octanol–water partition coefficient (Wildman–Crippen LogP) is 0.701. The summed E-state index contributed by atoms with van der Waals surface area (Å²) in [4.78, 5) is 15.6. The van der Waals surface area contributed by atoms with Crippen molar-refractivity contribution in [2.75, 3.05) is 5.32 Å². The third-order valence-corrected chi connectivity index (χ3v) is 2.91. The van der Waals surface area contributed by atoms with E-state index in [9.17, 15) is 9.90 Å². The van der Waals surface area contributed by atoms with E-state index in [1.807, 2.05) is 0 Å². The molecule has 1 atom stereocenters. The van der Waals surface area contributed by atoms with Gasteiger partial charge in [0.25, 0.3) is 0 Å². The smallest absolute Gasteiger partial charge is 0.330 e. The summed E-state index contributed by atoms with van der Waals surface area (Å²) in [5.74, 6) is -0.539. The Balaban J connectivity index is 1.98. The molecule has 0 aliphatic rings. The van der Waals surface area contributed by atoms with Crippen LogP contribution in [0, 0.1) is 0 Å². The van der Waals surface area contributed by atoms with E-state index < -0.39 is 12.0 Å². The first-order valence-corrected chi connectivity index (χ1v) is 5.91. The molecule has 0 radical (unpaired) electrons. The molecule has 102 valence electrons. The highest BCUT2D eigenvalue weighted by Gasteiger charge is 2.22. The molecule has 0 amide bonds. The molecule has 0 fully saturated rings. The van der Waals surface area contributed by atoms with Crippen LogP contribution in [0.3, 0.4) is 0 Å². The molecule has 3 aromatic rings. The van der Waals surface area contributed by atoms with Gasteiger partial charge < -0.3 is 10.4 Å². The highest BCUT2D eigenvalue weighted by Crippen LogP contribution is 2.21. The third-order valence-electron chi connectivity index (χ3n) is 2.91. The van der Waals surface area contributed by atoms with Gasteiger partial charge in [-0.3, -0.25) is 4.68 Å². The number of carboxylic acids is 1. The maximum absolute atomic E-state index is 11.4. The summed E-state index contributed by atoms with van der Waals surface area (Å²) in [7, 11) is 1.73. The topological polar surface area (TPSA) is 97.3 Å². The molecular weight excluding hydrogens is 260 g/mol. The lowest BCUT2D eigenvalue weighted by Gasteiger charge is -2.14. The molecule has 0 aliphatic carbocycles. The van der Waals surface area contributed by atoms with Gasteiger partial charge in [0.1, 0.15) is 5.52 Å². The first kappa shape index (κ1) is 12.2. The van der Waals surface area contributed by atoms with Crippen molar-refractivity contribution in [3.05, 3.63) is 42.6 Å². The van der Waals surface area contributed by atoms with Crippen LogP contribution >= 0.6 is 0 Å². The Morgan fingerprint density at radius 1 is 1.40 bits per heavy atom. The van der Waals surface area contributed by atoms with Gasteiger partial charge in [-0.25, -0.2) is 14.3 Å². The van der Waals surface area contributed by atoms with Crippen molar-refractivity contribution in [2.45, 2.75) is 6.04 Å².